The van der Waals surface area contributed by atoms with Crippen LogP contribution in [0, 0.1) is 0 Å². The first kappa shape index (κ1) is 16.4. The number of hydrogen-bond acceptors (Lipinski definition) is 5. The summed E-state index contributed by atoms with van der Waals surface area (Å²) in [6.45, 7) is 3.44. The summed E-state index contributed by atoms with van der Waals surface area (Å²) in [6.07, 6.45) is 3.26. The number of nitrogens with zero attached hydrogens (tertiary/aromatic N) is 2. The summed E-state index contributed by atoms with van der Waals surface area (Å²) >= 11 is 0. The highest BCUT2D eigenvalue weighted by molar-refractivity contribution is 5.99. The molecule has 112 valence electrons. The van der Waals surface area contributed by atoms with Gasteiger partial charge in [0, 0.05) is 34.0 Å². The van der Waals surface area contributed by atoms with Crippen LogP contribution in [0.3, 0.4) is 0 Å². The lowest BCUT2D eigenvalue weighted by Gasteiger charge is -2.29. The van der Waals surface area contributed by atoms with Gasteiger partial charge in [-0.2, -0.15) is 0 Å². The molecule has 1 aromatic rings. The van der Waals surface area contributed by atoms with Crippen LogP contribution in [0.4, 0.5) is 5.69 Å². The van der Waals surface area contributed by atoms with Gasteiger partial charge in [0.15, 0.2) is 0 Å². The van der Waals surface area contributed by atoms with Crippen LogP contribution in [0.25, 0.3) is 0 Å². The highest BCUT2D eigenvalue weighted by Gasteiger charge is 2.23. The van der Waals surface area contributed by atoms with E-state index in [2.05, 4.69) is 10.3 Å². The summed E-state index contributed by atoms with van der Waals surface area (Å²) in [7, 11) is 5.02. The minimum Gasteiger partial charge on any atom is -0.386 e. The molecular formula is C14H23N3O3. The molecule has 0 aromatic carbocycles. The number of ether oxygens (including phenoxy) is 2. The van der Waals surface area contributed by atoms with Crippen LogP contribution in [0.1, 0.15) is 17.3 Å². The fraction of sp³-hybridized carbons (Fsp3) is 0.571. The van der Waals surface area contributed by atoms with Gasteiger partial charge in [-0.25, -0.2) is 0 Å². The second-order valence-electron chi connectivity index (χ2n) is 4.47. The van der Waals surface area contributed by atoms with Crippen LogP contribution in [0.2, 0.25) is 0 Å². The Balaban J connectivity index is 2.96. The number of aromatic nitrogens is 1. The first-order chi connectivity index (χ1) is 9.65. The van der Waals surface area contributed by atoms with Crippen molar-refractivity contribution in [2.75, 3.05) is 46.3 Å². The van der Waals surface area contributed by atoms with Crippen LogP contribution in [0.5, 0.6) is 0 Å². The van der Waals surface area contributed by atoms with E-state index < -0.39 is 0 Å². The summed E-state index contributed by atoms with van der Waals surface area (Å²) in [4.78, 5) is 18.5. The molecule has 1 unspecified atom stereocenters. The van der Waals surface area contributed by atoms with E-state index in [0.717, 1.165) is 0 Å². The van der Waals surface area contributed by atoms with Gasteiger partial charge in [0.05, 0.1) is 36.7 Å². The second kappa shape index (κ2) is 8.50. The van der Waals surface area contributed by atoms with Gasteiger partial charge in [0.1, 0.15) is 0 Å². The number of carbonyl (C=O) groups is 1. The Hall–Kier alpha value is -1.66. The standard InChI is InChI=1S/C14H23N3O3/c1-11(10-20-4)17(7-8-19-3)14(18)12-5-6-16-9-13(12)15-2/h5-6,9,11,15H,7-8,10H2,1-4H3. The fourth-order valence-electron chi connectivity index (χ4n) is 1.98. The molecule has 0 saturated heterocycles. The maximum absolute atomic E-state index is 12.7. The molecule has 1 heterocycles. The molecule has 6 heteroatoms. The third kappa shape index (κ3) is 4.18. The molecule has 0 aliphatic rings. The summed E-state index contributed by atoms with van der Waals surface area (Å²) in [5.74, 6) is -0.0571. The molecule has 0 radical (unpaired) electrons. The third-order valence-corrected chi connectivity index (χ3v) is 3.06. The quantitative estimate of drug-likeness (QED) is 0.777. The third-order valence-electron chi connectivity index (χ3n) is 3.06. The van der Waals surface area contributed by atoms with Crippen molar-refractivity contribution in [1.29, 1.82) is 0 Å². The Kier molecular flexibility index (Phi) is 6.97. The maximum atomic E-state index is 12.7. The molecule has 0 bridgehead atoms. The van der Waals surface area contributed by atoms with Gasteiger partial charge in [-0.15, -0.1) is 0 Å². The maximum Gasteiger partial charge on any atom is 0.256 e. The Morgan fingerprint density at radius 3 is 2.80 bits per heavy atom. The number of nitrogens with one attached hydrogen (secondary N) is 1. The monoisotopic (exact) mass is 281 g/mol. The lowest BCUT2D eigenvalue weighted by molar-refractivity contribution is 0.0480. The van der Waals surface area contributed by atoms with Crippen molar-refractivity contribution in [3.63, 3.8) is 0 Å². The molecule has 1 rings (SSSR count). The Labute approximate surface area is 120 Å². The molecule has 1 amide bonds. The number of pyridine rings is 1. The Morgan fingerprint density at radius 2 is 2.20 bits per heavy atom. The molecule has 20 heavy (non-hydrogen) atoms. The number of carbonyl (C=O) groups excluding carboxylic acids is 1. The zero-order valence-corrected chi connectivity index (χ0v) is 12.5. The van der Waals surface area contributed by atoms with Gasteiger partial charge in [0.25, 0.3) is 5.91 Å². The van der Waals surface area contributed by atoms with E-state index in [-0.39, 0.29) is 11.9 Å². The highest BCUT2D eigenvalue weighted by Crippen LogP contribution is 2.17. The molecule has 1 atom stereocenters. The van der Waals surface area contributed by atoms with Crippen LogP contribution in [-0.4, -0.2) is 62.9 Å². The van der Waals surface area contributed by atoms with Gasteiger partial charge in [0.2, 0.25) is 0 Å². The van der Waals surface area contributed by atoms with Crippen molar-refractivity contribution in [3.8, 4) is 0 Å². The van der Waals surface area contributed by atoms with Gasteiger partial charge >= 0.3 is 0 Å². The normalized spacial score (nSPS) is 12.0. The molecule has 0 saturated carbocycles. The smallest absolute Gasteiger partial charge is 0.256 e. The van der Waals surface area contributed by atoms with Crippen LogP contribution >= 0.6 is 0 Å². The van der Waals surface area contributed by atoms with Crippen molar-refractivity contribution in [1.82, 2.24) is 9.88 Å². The number of methoxy groups -OCH3 is 2. The molecular weight excluding hydrogens is 258 g/mol. The van der Waals surface area contributed by atoms with Gasteiger partial charge in [-0.05, 0) is 13.0 Å². The number of anilines is 1. The van der Waals surface area contributed by atoms with E-state index in [1.165, 1.54) is 0 Å². The van der Waals surface area contributed by atoms with Crippen molar-refractivity contribution < 1.29 is 14.3 Å². The van der Waals surface area contributed by atoms with Crippen molar-refractivity contribution in [2.45, 2.75) is 13.0 Å². The highest BCUT2D eigenvalue weighted by atomic mass is 16.5. The van der Waals surface area contributed by atoms with Crippen molar-refractivity contribution >= 4 is 11.6 Å². The van der Waals surface area contributed by atoms with E-state index >= 15 is 0 Å². The van der Waals surface area contributed by atoms with E-state index in [1.54, 1.807) is 44.6 Å². The Bertz CT molecular complexity index is 426. The zero-order valence-electron chi connectivity index (χ0n) is 12.5. The average molecular weight is 281 g/mol. The predicted octanol–water partition coefficient (Wildman–Crippen LogP) is 1.25. The van der Waals surface area contributed by atoms with E-state index in [4.69, 9.17) is 9.47 Å². The number of amides is 1. The topological polar surface area (TPSA) is 63.7 Å². The number of rotatable bonds is 8. The molecule has 0 aliphatic heterocycles. The van der Waals surface area contributed by atoms with E-state index in [9.17, 15) is 4.79 Å². The SMILES string of the molecule is CNc1cnccc1C(=O)N(CCOC)C(C)COC. The molecule has 0 spiro atoms. The van der Waals surface area contributed by atoms with Gasteiger partial charge in [-0.3, -0.25) is 9.78 Å². The van der Waals surface area contributed by atoms with Gasteiger partial charge in [-0.1, -0.05) is 0 Å². The first-order valence-corrected chi connectivity index (χ1v) is 6.56. The van der Waals surface area contributed by atoms with Crippen molar-refractivity contribution in [2.24, 2.45) is 0 Å². The average Bonchev–Trinajstić information content (AvgIpc) is 2.47. The van der Waals surface area contributed by atoms with Crippen molar-refractivity contribution in [3.05, 3.63) is 24.0 Å². The molecule has 1 aromatic heterocycles. The van der Waals surface area contributed by atoms with E-state index in [1.807, 2.05) is 6.92 Å². The van der Waals surface area contributed by atoms with Crippen LogP contribution in [0.15, 0.2) is 18.5 Å². The molecule has 6 nitrogen and oxygen atoms in total. The first-order valence-electron chi connectivity index (χ1n) is 6.56. The lowest BCUT2D eigenvalue weighted by atomic mass is 10.1. The minimum absolute atomic E-state index is 0.0273. The predicted molar refractivity (Wildman–Crippen MR) is 78.0 cm³/mol. The molecule has 0 fully saturated rings. The fourth-order valence-corrected chi connectivity index (χ4v) is 1.98. The largest absolute Gasteiger partial charge is 0.386 e. The zero-order chi connectivity index (χ0) is 15.0. The van der Waals surface area contributed by atoms with Gasteiger partial charge < -0.3 is 19.7 Å². The lowest BCUT2D eigenvalue weighted by Crippen LogP contribution is -2.43. The number of hydrogen-bond donors (Lipinski definition) is 1. The minimum atomic E-state index is -0.0571. The molecule has 1 N–H and O–H groups in total. The van der Waals surface area contributed by atoms with E-state index in [0.29, 0.717) is 31.0 Å². The van der Waals surface area contributed by atoms with Crippen LogP contribution in [-0.2, 0) is 9.47 Å². The summed E-state index contributed by atoms with van der Waals surface area (Å²) in [5, 5.41) is 2.99. The Morgan fingerprint density at radius 1 is 1.45 bits per heavy atom. The molecule has 0 aliphatic carbocycles. The second-order valence-corrected chi connectivity index (χ2v) is 4.47. The summed E-state index contributed by atoms with van der Waals surface area (Å²) in [5.41, 5.74) is 1.31. The van der Waals surface area contributed by atoms with Crippen LogP contribution < -0.4 is 5.32 Å². The summed E-state index contributed by atoms with van der Waals surface area (Å²) in [6, 6.07) is 1.69. The summed E-state index contributed by atoms with van der Waals surface area (Å²) < 4.78 is 10.2.